The summed E-state index contributed by atoms with van der Waals surface area (Å²) in [6.45, 7) is 1.33. The molecule has 3 aliphatic rings. The smallest absolute Gasteiger partial charge is 0.282 e. The van der Waals surface area contributed by atoms with Crippen molar-refractivity contribution in [2.45, 2.75) is 63.1 Å². The van der Waals surface area contributed by atoms with E-state index in [1.807, 2.05) is 0 Å². The lowest BCUT2D eigenvalue weighted by atomic mass is 10.0. The van der Waals surface area contributed by atoms with Crippen LogP contribution in [0, 0.1) is 0 Å². The van der Waals surface area contributed by atoms with Gasteiger partial charge >= 0.3 is 0 Å². The van der Waals surface area contributed by atoms with E-state index in [1.165, 1.54) is 0 Å². The van der Waals surface area contributed by atoms with Crippen molar-refractivity contribution >= 4 is 10.2 Å². The first-order chi connectivity index (χ1) is 8.59. The number of fused-ring (bicyclic) bond motifs is 2. The Morgan fingerprint density at radius 1 is 0.944 bits per heavy atom. The molecule has 0 aromatic carbocycles. The van der Waals surface area contributed by atoms with Crippen LogP contribution in [0.3, 0.4) is 0 Å². The van der Waals surface area contributed by atoms with Gasteiger partial charge in [-0.2, -0.15) is 17.0 Å². The molecule has 2 atom stereocenters. The van der Waals surface area contributed by atoms with Crippen LogP contribution in [0.15, 0.2) is 0 Å². The highest BCUT2D eigenvalue weighted by molar-refractivity contribution is 7.86. The summed E-state index contributed by atoms with van der Waals surface area (Å²) in [5, 5.41) is 9.75. The maximum Gasteiger partial charge on any atom is 0.282 e. The van der Waals surface area contributed by atoms with Crippen molar-refractivity contribution < 1.29 is 13.5 Å². The molecule has 3 rings (SSSR count). The molecule has 3 saturated heterocycles. The lowest BCUT2D eigenvalue weighted by molar-refractivity contribution is 0.0732. The summed E-state index contributed by atoms with van der Waals surface area (Å²) in [4.78, 5) is 0. The van der Waals surface area contributed by atoms with E-state index in [0.717, 1.165) is 32.1 Å². The number of piperidine rings is 2. The minimum absolute atomic E-state index is 0.0330. The molecule has 3 aliphatic heterocycles. The van der Waals surface area contributed by atoms with E-state index in [-0.39, 0.29) is 18.2 Å². The van der Waals surface area contributed by atoms with Gasteiger partial charge in [-0.25, -0.2) is 0 Å². The lowest BCUT2D eigenvalue weighted by Crippen LogP contribution is -2.54. The van der Waals surface area contributed by atoms with E-state index in [1.54, 1.807) is 8.61 Å². The topological polar surface area (TPSA) is 60.9 Å². The summed E-state index contributed by atoms with van der Waals surface area (Å²) < 4.78 is 28.7. The Balaban J connectivity index is 1.81. The highest BCUT2D eigenvalue weighted by Gasteiger charge is 2.48. The molecule has 0 radical (unpaired) electrons. The summed E-state index contributed by atoms with van der Waals surface area (Å²) in [6, 6.07) is 0.0661. The monoisotopic (exact) mass is 274 g/mol. The zero-order valence-electron chi connectivity index (χ0n) is 10.7. The molecule has 2 unspecified atom stereocenters. The Morgan fingerprint density at radius 3 is 2.06 bits per heavy atom. The van der Waals surface area contributed by atoms with E-state index in [2.05, 4.69) is 0 Å². The van der Waals surface area contributed by atoms with Gasteiger partial charge in [0.25, 0.3) is 10.2 Å². The van der Waals surface area contributed by atoms with Crippen LogP contribution < -0.4 is 0 Å². The van der Waals surface area contributed by atoms with Gasteiger partial charge in [0.15, 0.2) is 0 Å². The minimum Gasteiger partial charge on any atom is -0.393 e. The van der Waals surface area contributed by atoms with E-state index >= 15 is 0 Å². The zero-order chi connectivity index (χ0) is 12.8. The Labute approximate surface area is 109 Å². The molecule has 0 amide bonds. The van der Waals surface area contributed by atoms with E-state index < -0.39 is 10.2 Å². The maximum atomic E-state index is 12.7. The predicted molar refractivity (Wildman–Crippen MR) is 68.2 cm³/mol. The summed E-state index contributed by atoms with van der Waals surface area (Å²) >= 11 is 0. The van der Waals surface area contributed by atoms with Crippen LogP contribution in [0.25, 0.3) is 0 Å². The predicted octanol–water partition coefficient (Wildman–Crippen LogP) is 0.705. The van der Waals surface area contributed by atoms with Crippen LogP contribution in [0.2, 0.25) is 0 Å². The molecule has 5 nitrogen and oxygen atoms in total. The van der Waals surface area contributed by atoms with Gasteiger partial charge in [-0.3, -0.25) is 0 Å². The van der Waals surface area contributed by atoms with Crippen molar-refractivity contribution in [2.24, 2.45) is 0 Å². The maximum absolute atomic E-state index is 12.7. The summed E-state index contributed by atoms with van der Waals surface area (Å²) in [6.07, 6.45) is 5.83. The lowest BCUT2D eigenvalue weighted by Gasteiger charge is -2.39. The van der Waals surface area contributed by atoms with Crippen molar-refractivity contribution in [1.82, 2.24) is 8.61 Å². The fourth-order valence-corrected chi connectivity index (χ4v) is 5.83. The van der Waals surface area contributed by atoms with Crippen LogP contribution in [0.4, 0.5) is 0 Å². The molecule has 18 heavy (non-hydrogen) atoms. The molecule has 104 valence electrons. The minimum atomic E-state index is -3.29. The zero-order valence-corrected chi connectivity index (χ0v) is 11.5. The van der Waals surface area contributed by atoms with Crippen molar-refractivity contribution in [3.8, 4) is 0 Å². The summed E-state index contributed by atoms with van der Waals surface area (Å²) in [7, 11) is -3.29. The van der Waals surface area contributed by atoms with Crippen LogP contribution in [0.5, 0.6) is 0 Å². The van der Waals surface area contributed by atoms with Gasteiger partial charge in [-0.1, -0.05) is 6.42 Å². The van der Waals surface area contributed by atoms with E-state index in [4.69, 9.17) is 0 Å². The van der Waals surface area contributed by atoms with Gasteiger partial charge in [0, 0.05) is 25.2 Å². The molecular weight excluding hydrogens is 252 g/mol. The first-order valence-corrected chi connectivity index (χ1v) is 8.45. The van der Waals surface area contributed by atoms with Gasteiger partial charge in [0.05, 0.1) is 6.10 Å². The highest BCUT2D eigenvalue weighted by atomic mass is 32.2. The van der Waals surface area contributed by atoms with Gasteiger partial charge in [0.1, 0.15) is 0 Å². The van der Waals surface area contributed by atoms with Gasteiger partial charge in [-0.05, 0) is 38.5 Å². The number of aliphatic hydroxyl groups excluding tert-OH is 1. The molecule has 0 aliphatic carbocycles. The second-order valence-corrected chi connectivity index (χ2v) is 7.64. The van der Waals surface area contributed by atoms with Crippen molar-refractivity contribution in [3.05, 3.63) is 0 Å². The van der Waals surface area contributed by atoms with Gasteiger partial charge in [0.2, 0.25) is 0 Å². The quantitative estimate of drug-likeness (QED) is 0.806. The molecule has 0 aromatic rings. The molecule has 0 aromatic heterocycles. The number of aliphatic hydroxyl groups is 1. The Hall–Kier alpha value is -0.170. The standard InChI is InChI=1S/C12H22N2O3S/c15-12-8-10-4-5-11(9-12)14(10)18(16,17)13-6-2-1-3-7-13/h10-12,15H,1-9H2. The number of nitrogens with zero attached hydrogens (tertiary/aromatic N) is 2. The molecule has 2 bridgehead atoms. The highest BCUT2D eigenvalue weighted by Crippen LogP contribution is 2.39. The fourth-order valence-electron chi connectivity index (χ4n) is 3.71. The van der Waals surface area contributed by atoms with Crippen LogP contribution in [0.1, 0.15) is 44.9 Å². The summed E-state index contributed by atoms with van der Waals surface area (Å²) in [5.74, 6) is 0. The molecule has 1 N–H and O–H groups in total. The van der Waals surface area contributed by atoms with Gasteiger partial charge < -0.3 is 5.11 Å². The molecule has 0 spiro atoms. The third-order valence-corrected chi connectivity index (χ3v) is 6.70. The van der Waals surface area contributed by atoms with E-state index in [0.29, 0.717) is 25.9 Å². The molecule has 3 fully saturated rings. The van der Waals surface area contributed by atoms with Crippen molar-refractivity contribution in [3.63, 3.8) is 0 Å². The first-order valence-electron chi connectivity index (χ1n) is 7.06. The second-order valence-electron chi connectivity index (χ2n) is 5.81. The Bertz CT molecular complexity index is 392. The van der Waals surface area contributed by atoms with Gasteiger partial charge in [-0.15, -0.1) is 0 Å². The molecule has 0 saturated carbocycles. The SMILES string of the molecule is O=S(=O)(N1CCCCC1)N1C2CCC1CC(O)C2. The van der Waals surface area contributed by atoms with Crippen LogP contribution in [-0.2, 0) is 10.2 Å². The Morgan fingerprint density at radius 2 is 1.50 bits per heavy atom. The average molecular weight is 274 g/mol. The number of rotatable bonds is 2. The van der Waals surface area contributed by atoms with E-state index in [9.17, 15) is 13.5 Å². The second kappa shape index (κ2) is 4.74. The first kappa shape index (κ1) is 12.8. The van der Waals surface area contributed by atoms with Crippen molar-refractivity contribution in [2.75, 3.05) is 13.1 Å². The number of hydrogen-bond donors (Lipinski definition) is 1. The average Bonchev–Trinajstić information content (AvgIpc) is 2.64. The number of hydrogen-bond acceptors (Lipinski definition) is 3. The third-order valence-electron chi connectivity index (χ3n) is 4.55. The molecular formula is C12H22N2O3S. The van der Waals surface area contributed by atoms with Crippen LogP contribution >= 0.6 is 0 Å². The molecule has 6 heteroatoms. The Kier molecular flexibility index (Phi) is 3.38. The third kappa shape index (κ3) is 2.09. The van der Waals surface area contributed by atoms with Crippen molar-refractivity contribution in [1.29, 1.82) is 0 Å². The largest absolute Gasteiger partial charge is 0.393 e. The van der Waals surface area contributed by atoms with Crippen LogP contribution in [-0.4, -0.2) is 53.4 Å². The fraction of sp³-hybridized carbons (Fsp3) is 1.00. The normalized spacial score (nSPS) is 39.1. The molecule has 3 heterocycles. The summed E-state index contributed by atoms with van der Waals surface area (Å²) in [5.41, 5.74) is 0.